The fraction of sp³-hybridized carbons (Fsp3) is 0.625. The first-order chi connectivity index (χ1) is 8.70. The molecule has 1 aromatic carbocycles. The van der Waals surface area contributed by atoms with E-state index in [2.05, 4.69) is 55.4 Å². The zero-order valence-corrected chi connectivity index (χ0v) is 11.9. The van der Waals surface area contributed by atoms with E-state index in [4.69, 9.17) is 0 Å². The smallest absolute Gasteiger partial charge is 0.0234 e. The molecule has 2 atom stereocenters. The molecule has 2 nitrogen and oxygen atoms in total. The molecule has 2 rings (SSSR count). The summed E-state index contributed by atoms with van der Waals surface area (Å²) in [6, 6.07) is 8.79. The zero-order chi connectivity index (χ0) is 13.0. The summed E-state index contributed by atoms with van der Waals surface area (Å²) in [5, 5.41) is 3.42. The Labute approximate surface area is 111 Å². The number of hydrogen-bond acceptors (Lipinski definition) is 2. The van der Waals surface area contributed by atoms with Gasteiger partial charge in [0.05, 0.1) is 0 Å². The Morgan fingerprint density at radius 3 is 2.56 bits per heavy atom. The molecule has 0 spiro atoms. The lowest BCUT2D eigenvalue weighted by Crippen LogP contribution is -2.22. The molecule has 0 saturated heterocycles. The van der Waals surface area contributed by atoms with Crippen LogP contribution in [-0.2, 0) is 13.1 Å². The van der Waals surface area contributed by atoms with E-state index in [0.717, 1.165) is 31.5 Å². The lowest BCUT2D eigenvalue weighted by Gasteiger charge is -2.19. The summed E-state index contributed by atoms with van der Waals surface area (Å²) < 4.78 is 0. The Balaban J connectivity index is 1.90. The van der Waals surface area contributed by atoms with E-state index in [0.29, 0.717) is 0 Å². The summed E-state index contributed by atoms with van der Waals surface area (Å²) >= 11 is 0. The molecule has 18 heavy (non-hydrogen) atoms. The van der Waals surface area contributed by atoms with Crippen molar-refractivity contribution in [1.82, 2.24) is 10.2 Å². The van der Waals surface area contributed by atoms with Crippen LogP contribution in [0.25, 0.3) is 0 Å². The average Bonchev–Trinajstić information content (AvgIpc) is 3.03. The van der Waals surface area contributed by atoms with Crippen molar-refractivity contribution in [2.75, 3.05) is 20.1 Å². The third-order valence-electron chi connectivity index (χ3n) is 3.95. The van der Waals surface area contributed by atoms with Crippen molar-refractivity contribution in [2.24, 2.45) is 11.8 Å². The maximum absolute atomic E-state index is 3.42. The number of rotatable bonds is 7. The Morgan fingerprint density at radius 1 is 1.28 bits per heavy atom. The van der Waals surface area contributed by atoms with Crippen molar-refractivity contribution in [2.45, 2.75) is 33.4 Å². The molecule has 0 amide bonds. The fourth-order valence-corrected chi connectivity index (χ4v) is 2.55. The van der Waals surface area contributed by atoms with Crippen molar-refractivity contribution >= 4 is 0 Å². The summed E-state index contributed by atoms with van der Waals surface area (Å²) in [5.74, 6) is 1.89. The van der Waals surface area contributed by atoms with Crippen LogP contribution in [0, 0.1) is 11.8 Å². The average molecular weight is 246 g/mol. The highest BCUT2D eigenvalue weighted by atomic mass is 15.1. The highest BCUT2D eigenvalue weighted by molar-refractivity contribution is 5.27. The van der Waals surface area contributed by atoms with E-state index in [-0.39, 0.29) is 0 Å². The zero-order valence-electron chi connectivity index (χ0n) is 11.9. The van der Waals surface area contributed by atoms with Crippen LogP contribution >= 0.6 is 0 Å². The van der Waals surface area contributed by atoms with Gasteiger partial charge >= 0.3 is 0 Å². The number of nitrogens with zero attached hydrogens (tertiary/aromatic N) is 1. The van der Waals surface area contributed by atoms with Crippen LogP contribution < -0.4 is 5.32 Å². The van der Waals surface area contributed by atoms with E-state index in [1.54, 1.807) is 0 Å². The Hall–Kier alpha value is -0.860. The van der Waals surface area contributed by atoms with E-state index in [9.17, 15) is 0 Å². The van der Waals surface area contributed by atoms with Gasteiger partial charge in [-0.2, -0.15) is 0 Å². The quantitative estimate of drug-likeness (QED) is 0.796. The minimum absolute atomic E-state index is 0.941. The van der Waals surface area contributed by atoms with Crippen LogP contribution in [0.4, 0.5) is 0 Å². The lowest BCUT2D eigenvalue weighted by atomic mass is 10.1. The maximum atomic E-state index is 3.42. The molecule has 100 valence electrons. The molecule has 0 aromatic heterocycles. The monoisotopic (exact) mass is 246 g/mol. The fourth-order valence-electron chi connectivity index (χ4n) is 2.55. The second-order valence-corrected chi connectivity index (χ2v) is 5.72. The molecule has 1 aliphatic carbocycles. The first kappa shape index (κ1) is 13.6. The van der Waals surface area contributed by atoms with Gasteiger partial charge in [-0.15, -0.1) is 0 Å². The minimum Gasteiger partial charge on any atom is -0.313 e. The number of hydrogen-bond donors (Lipinski definition) is 1. The van der Waals surface area contributed by atoms with Gasteiger partial charge in [0, 0.05) is 19.6 Å². The lowest BCUT2D eigenvalue weighted by molar-refractivity contribution is 0.306. The standard InChI is InChI=1S/C16H26N2/c1-4-17-10-14-7-5-6-8-15(14)11-18(3)12-16-9-13(16)2/h5-8,13,16-17H,4,9-12H2,1-3H3. The van der Waals surface area contributed by atoms with Gasteiger partial charge in [-0.25, -0.2) is 0 Å². The molecule has 1 N–H and O–H groups in total. The van der Waals surface area contributed by atoms with E-state index >= 15 is 0 Å². The molecule has 0 heterocycles. The summed E-state index contributed by atoms with van der Waals surface area (Å²) in [4.78, 5) is 2.47. The molecule has 1 aliphatic rings. The first-order valence-corrected chi connectivity index (χ1v) is 7.16. The Morgan fingerprint density at radius 2 is 1.94 bits per heavy atom. The Bertz CT molecular complexity index is 375. The molecular weight excluding hydrogens is 220 g/mol. The van der Waals surface area contributed by atoms with Gasteiger partial charge in [-0.05, 0) is 43.0 Å². The van der Waals surface area contributed by atoms with Gasteiger partial charge in [-0.3, -0.25) is 0 Å². The largest absolute Gasteiger partial charge is 0.313 e. The molecule has 1 fully saturated rings. The van der Waals surface area contributed by atoms with Gasteiger partial charge in [-0.1, -0.05) is 38.1 Å². The molecule has 0 bridgehead atoms. The summed E-state index contributed by atoms with van der Waals surface area (Å²) in [7, 11) is 2.25. The highest BCUT2D eigenvalue weighted by Crippen LogP contribution is 2.38. The van der Waals surface area contributed by atoms with Crippen LogP contribution in [0.15, 0.2) is 24.3 Å². The first-order valence-electron chi connectivity index (χ1n) is 7.16. The van der Waals surface area contributed by atoms with Crippen molar-refractivity contribution in [3.63, 3.8) is 0 Å². The van der Waals surface area contributed by atoms with Crippen molar-refractivity contribution in [3.8, 4) is 0 Å². The van der Waals surface area contributed by atoms with Crippen LogP contribution in [-0.4, -0.2) is 25.0 Å². The van der Waals surface area contributed by atoms with E-state index in [1.807, 2.05) is 0 Å². The van der Waals surface area contributed by atoms with Crippen molar-refractivity contribution in [1.29, 1.82) is 0 Å². The van der Waals surface area contributed by atoms with Gasteiger partial charge in [0.2, 0.25) is 0 Å². The van der Waals surface area contributed by atoms with Crippen LogP contribution in [0.5, 0.6) is 0 Å². The summed E-state index contributed by atoms with van der Waals surface area (Å²) in [5.41, 5.74) is 2.91. The maximum Gasteiger partial charge on any atom is 0.0234 e. The normalized spacial score (nSPS) is 22.4. The topological polar surface area (TPSA) is 15.3 Å². The van der Waals surface area contributed by atoms with Gasteiger partial charge < -0.3 is 10.2 Å². The van der Waals surface area contributed by atoms with Gasteiger partial charge in [0.1, 0.15) is 0 Å². The molecule has 2 heteroatoms. The number of benzene rings is 1. The van der Waals surface area contributed by atoms with Crippen LogP contribution in [0.1, 0.15) is 31.4 Å². The predicted octanol–water partition coefficient (Wildman–Crippen LogP) is 2.88. The molecule has 1 aromatic rings. The molecular formula is C16H26N2. The van der Waals surface area contributed by atoms with E-state index < -0.39 is 0 Å². The summed E-state index contributed by atoms with van der Waals surface area (Å²) in [6.45, 7) is 8.85. The minimum atomic E-state index is 0.941. The summed E-state index contributed by atoms with van der Waals surface area (Å²) in [6.07, 6.45) is 1.42. The van der Waals surface area contributed by atoms with Gasteiger partial charge in [0.15, 0.2) is 0 Å². The van der Waals surface area contributed by atoms with E-state index in [1.165, 1.54) is 24.1 Å². The predicted molar refractivity (Wildman–Crippen MR) is 77.4 cm³/mol. The third-order valence-corrected chi connectivity index (χ3v) is 3.95. The molecule has 2 unspecified atom stereocenters. The van der Waals surface area contributed by atoms with Crippen molar-refractivity contribution < 1.29 is 0 Å². The highest BCUT2D eigenvalue weighted by Gasteiger charge is 2.33. The molecule has 0 aliphatic heterocycles. The second kappa shape index (κ2) is 6.35. The van der Waals surface area contributed by atoms with Gasteiger partial charge in [0.25, 0.3) is 0 Å². The third kappa shape index (κ3) is 3.82. The van der Waals surface area contributed by atoms with Crippen LogP contribution in [0.2, 0.25) is 0 Å². The van der Waals surface area contributed by atoms with Crippen molar-refractivity contribution in [3.05, 3.63) is 35.4 Å². The number of nitrogens with one attached hydrogen (secondary N) is 1. The van der Waals surface area contributed by atoms with Crippen LogP contribution in [0.3, 0.4) is 0 Å². The Kier molecular flexibility index (Phi) is 4.79. The molecule has 0 radical (unpaired) electrons. The molecule has 1 saturated carbocycles. The SMILES string of the molecule is CCNCc1ccccc1CN(C)CC1CC1C. The second-order valence-electron chi connectivity index (χ2n) is 5.72.